The van der Waals surface area contributed by atoms with Crippen LogP contribution >= 0.6 is 0 Å². The smallest absolute Gasteiger partial charge is 0.0975 e. The molecule has 2 rings (SSSR count). The van der Waals surface area contributed by atoms with Crippen LogP contribution in [0.25, 0.3) is 0 Å². The number of hydrogen-bond donors (Lipinski definition) is 1. The van der Waals surface area contributed by atoms with Crippen molar-refractivity contribution in [3.8, 4) is 0 Å². The van der Waals surface area contributed by atoms with Gasteiger partial charge in [-0.05, 0) is 32.6 Å². The van der Waals surface area contributed by atoms with Crippen LogP contribution in [0.1, 0.15) is 51.9 Å². The molecule has 0 bridgehead atoms. The Morgan fingerprint density at radius 1 is 1.19 bits per heavy atom. The average molecular weight is 224 g/mol. The summed E-state index contributed by atoms with van der Waals surface area (Å²) in [5.41, 5.74) is 6.22. The van der Waals surface area contributed by atoms with Crippen molar-refractivity contribution in [2.24, 2.45) is 16.6 Å². The van der Waals surface area contributed by atoms with Crippen LogP contribution in [0.5, 0.6) is 0 Å². The lowest BCUT2D eigenvalue weighted by atomic mass is 9.87. The second-order valence-corrected chi connectivity index (χ2v) is 5.48. The van der Waals surface area contributed by atoms with Gasteiger partial charge in [0, 0.05) is 19.1 Å². The quantitative estimate of drug-likeness (QED) is 0.578. The summed E-state index contributed by atoms with van der Waals surface area (Å²) >= 11 is 0. The molecule has 3 heteroatoms. The molecule has 1 saturated heterocycles. The SMILES string of the molecule is CC1(N=C(N)C2CCCCC2)CCOCC1. The van der Waals surface area contributed by atoms with Gasteiger partial charge in [-0.2, -0.15) is 0 Å². The Morgan fingerprint density at radius 2 is 1.81 bits per heavy atom. The summed E-state index contributed by atoms with van der Waals surface area (Å²) in [5.74, 6) is 1.46. The number of amidine groups is 1. The minimum absolute atomic E-state index is 0.0414. The molecule has 16 heavy (non-hydrogen) atoms. The highest BCUT2D eigenvalue weighted by molar-refractivity contribution is 5.83. The summed E-state index contributed by atoms with van der Waals surface area (Å²) in [4.78, 5) is 4.81. The highest BCUT2D eigenvalue weighted by atomic mass is 16.5. The molecular weight excluding hydrogens is 200 g/mol. The molecule has 0 aromatic carbocycles. The maximum Gasteiger partial charge on any atom is 0.0975 e. The number of rotatable bonds is 2. The Kier molecular flexibility index (Phi) is 3.85. The molecule has 1 aliphatic carbocycles. The van der Waals surface area contributed by atoms with Crippen molar-refractivity contribution >= 4 is 5.84 Å². The van der Waals surface area contributed by atoms with E-state index in [0.29, 0.717) is 5.92 Å². The number of aliphatic imine (C=N–C) groups is 1. The molecule has 1 heterocycles. The lowest BCUT2D eigenvalue weighted by Gasteiger charge is -2.31. The maximum atomic E-state index is 6.17. The van der Waals surface area contributed by atoms with Crippen molar-refractivity contribution < 1.29 is 4.74 Å². The van der Waals surface area contributed by atoms with Gasteiger partial charge in [0.05, 0.1) is 11.4 Å². The normalized spacial score (nSPS) is 27.9. The molecule has 0 unspecified atom stereocenters. The van der Waals surface area contributed by atoms with E-state index < -0.39 is 0 Å². The van der Waals surface area contributed by atoms with Gasteiger partial charge in [0.25, 0.3) is 0 Å². The third-order valence-electron chi connectivity index (χ3n) is 3.99. The minimum atomic E-state index is 0.0414. The number of nitrogens with zero attached hydrogens (tertiary/aromatic N) is 1. The van der Waals surface area contributed by atoms with Crippen molar-refractivity contribution in [2.75, 3.05) is 13.2 Å². The Morgan fingerprint density at radius 3 is 2.44 bits per heavy atom. The van der Waals surface area contributed by atoms with E-state index in [1.807, 2.05) is 0 Å². The molecule has 0 spiro atoms. The predicted octanol–water partition coefficient (Wildman–Crippen LogP) is 2.49. The van der Waals surface area contributed by atoms with Crippen LogP contribution < -0.4 is 5.73 Å². The predicted molar refractivity (Wildman–Crippen MR) is 66.7 cm³/mol. The average Bonchev–Trinajstić information content (AvgIpc) is 2.30. The van der Waals surface area contributed by atoms with Crippen molar-refractivity contribution in [3.63, 3.8) is 0 Å². The van der Waals surface area contributed by atoms with Gasteiger partial charge in [-0.1, -0.05) is 19.3 Å². The van der Waals surface area contributed by atoms with Crippen LogP contribution in [0.2, 0.25) is 0 Å². The van der Waals surface area contributed by atoms with Gasteiger partial charge >= 0.3 is 0 Å². The first-order valence-corrected chi connectivity index (χ1v) is 6.63. The van der Waals surface area contributed by atoms with Crippen LogP contribution in [-0.2, 0) is 4.74 Å². The second-order valence-electron chi connectivity index (χ2n) is 5.48. The highest BCUT2D eigenvalue weighted by Gasteiger charge is 2.28. The Hall–Kier alpha value is -0.570. The summed E-state index contributed by atoms with van der Waals surface area (Å²) in [6.45, 7) is 3.88. The monoisotopic (exact) mass is 224 g/mol. The van der Waals surface area contributed by atoms with E-state index in [0.717, 1.165) is 31.9 Å². The molecule has 0 amide bonds. The lowest BCUT2D eigenvalue weighted by Crippen LogP contribution is -2.36. The standard InChI is InChI=1S/C13H24N2O/c1-13(7-9-16-10-8-13)15-12(14)11-5-3-2-4-6-11/h11H,2-10H2,1H3,(H2,14,15). The summed E-state index contributed by atoms with van der Waals surface area (Å²) in [7, 11) is 0. The van der Waals surface area contributed by atoms with E-state index in [-0.39, 0.29) is 5.54 Å². The molecule has 1 aliphatic heterocycles. The molecule has 1 saturated carbocycles. The largest absolute Gasteiger partial charge is 0.387 e. The zero-order chi connectivity index (χ0) is 11.4. The molecule has 2 fully saturated rings. The Balaban J connectivity index is 1.97. The molecule has 2 aliphatic rings. The van der Waals surface area contributed by atoms with Crippen LogP contribution in [0.4, 0.5) is 0 Å². The first-order chi connectivity index (χ1) is 7.70. The van der Waals surface area contributed by atoms with E-state index in [4.69, 9.17) is 15.5 Å². The molecular formula is C13H24N2O. The topological polar surface area (TPSA) is 47.6 Å². The van der Waals surface area contributed by atoms with Crippen molar-refractivity contribution in [2.45, 2.75) is 57.4 Å². The summed E-state index contributed by atoms with van der Waals surface area (Å²) < 4.78 is 5.38. The summed E-state index contributed by atoms with van der Waals surface area (Å²) in [6, 6.07) is 0. The van der Waals surface area contributed by atoms with Gasteiger partial charge in [-0.15, -0.1) is 0 Å². The first-order valence-electron chi connectivity index (χ1n) is 6.63. The molecule has 0 atom stereocenters. The zero-order valence-corrected chi connectivity index (χ0v) is 10.4. The van der Waals surface area contributed by atoms with E-state index in [9.17, 15) is 0 Å². The molecule has 0 aromatic rings. The molecule has 92 valence electrons. The van der Waals surface area contributed by atoms with Gasteiger partial charge in [0.1, 0.15) is 0 Å². The van der Waals surface area contributed by atoms with Crippen LogP contribution in [0.3, 0.4) is 0 Å². The third kappa shape index (κ3) is 2.97. The van der Waals surface area contributed by atoms with Crippen molar-refractivity contribution in [3.05, 3.63) is 0 Å². The maximum absolute atomic E-state index is 6.17. The zero-order valence-electron chi connectivity index (χ0n) is 10.4. The van der Waals surface area contributed by atoms with E-state index in [1.54, 1.807) is 0 Å². The minimum Gasteiger partial charge on any atom is -0.387 e. The van der Waals surface area contributed by atoms with Gasteiger partial charge in [0.15, 0.2) is 0 Å². The van der Waals surface area contributed by atoms with Crippen LogP contribution in [0, 0.1) is 5.92 Å². The lowest BCUT2D eigenvalue weighted by molar-refractivity contribution is 0.0600. The Bertz CT molecular complexity index is 251. The fraction of sp³-hybridized carbons (Fsp3) is 0.923. The van der Waals surface area contributed by atoms with Crippen LogP contribution in [0.15, 0.2) is 4.99 Å². The van der Waals surface area contributed by atoms with Gasteiger partial charge in [0.2, 0.25) is 0 Å². The number of ether oxygens (including phenoxy) is 1. The summed E-state index contributed by atoms with van der Waals surface area (Å²) in [5, 5.41) is 0. The van der Waals surface area contributed by atoms with Gasteiger partial charge in [-0.25, -0.2) is 0 Å². The number of hydrogen-bond acceptors (Lipinski definition) is 2. The Labute approximate surface area is 98.5 Å². The first kappa shape index (κ1) is 11.9. The molecule has 2 N–H and O–H groups in total. The van der Waals surface area contributed by atoms with Gasteiger partial charge < -0.3 is 10.5 Å². The van der Waals surface area contributed by atoms with E-state index in [1.165, 1.54) is 32.1 Å². The fourth-order valence-electron chi connectivity index (χ4n) is 2.72. The van der Waals surface area contributed by atoms with Crippen molar-refractivity contribution in [1.29, 1.82) is 0 Å². The van der Waals surface area contributed by atoms with Crippen LogP contribution in [-0.4, -0.2) is 24.6 Å². The summed E-state index contributed by atoms with van der Waals surface area (Å²) in [6.07, 6.45) is 8.51. The molecule has 0 aromatic heterocycles. The molecule has 0 radical (unpaired) electrons. The van der Waals surface area contributed by atoms with E-state index >= 15 is 0 Å². The van der Waals surface area contributed by atoms with E-state index in [2.05, 4.69) is 6.92 Å². The van der Waals surface area contributed by atoms with Crippen molar-refractivity contribution in [1.82, 2.24) is 0 Å². The number of nitrogens with two attached hydrogens (primary N) is 1. The highest BCUT2D eigenvalue weighted by Crippen LogP contribution is 2.28. The van der Waals surface area contributed by atoms with Gasteiger partial charge in [-0.3, -0.25) is 4.99 Å². The third-order valence-corrected chi connectivity index (χ3v) is 3.99. The second kappa shape index (κ2) is 5.17. The molecule has 3 nitrogen and oxygen atoms in total. The fourth-order valence-corrected chi connectivity index (χ4v) is 2.72.